The van der Waals surface area contributed by atoms with Crippen LogP contribution in [0.4, 0.5) is 5.69 Å². The molecule has 1 N–H and O–H groups in total. The fraction of sp³-hybridized carbons (Fsp3) is 0.500. The van der Waals surface area contributed by atoms with Crippen molar-refractivity contribution in [2.75, 3.05) is 5.32 Å². The Balaban J connectivity index is 2.66. The number of rotatable bonds is 5. The van der Waals surface area contributed by atoms with E-state index < -0.39 is 0 Å². The van der Waals surface area contributed by atoms with Crippen molar-refractivity contribution in [3.63, 3.8) is 0 Å². The van der Waals surface area contributed by atoms with Gasteiger partial charge < -0.3 is 5.32 Å². The minimum Gasteiger partial charge on any atom is -0.382 e. The molecule has 3 heteroatoms. The third-order valence-electron chi connectivity index (χ3n) is 2.95. The summed E-state index contributed by atoms with van der Waals surface area (Å²) in [5.74, 6) is 0.731. The van der Waals surface area contributed by atoms with Gasteiger partial charge in [0.15, 0.2) is 0 Å². The van der Waals surface area contributed by atoms with Crippen LogP contribution in [0.3, 0.4) is 0 Å². The standard InChI is InChI=1S/C14H19BrN2/c1-4-10(2)7-11(3)17-14-6-5-12(9-16)8-13(14)15/h5-6,8,10-11,17H,4,7H2,1-3H3. The summed E-state index contributed by atoms with van der Waals surface area (Å²) in [6.45, 7) is 6.68. The van der Waals surface area contributed by atoms with E-state index in [9.17, 15) is 0 Å². The second-order valence-electron chi connectivity index (χ2n) is 4.60. The third kappa shape index (κ3) is 4.40. The predicted molar refractivity (Wildman–Crippen MR) is 76.0 cm³/mol. The molecule has 0 heterocycles. The molecule has 0 fully saturated rings. The van der Waals surface area contributed by atoms with E-state index in [0.717, 1.165) is 22.5 Å². The maximum Gasteiger partial charge on any atom is 0.0992 e. The molecule has 0 aliphatic rings. The lowest BCUT2D eigenvalue weighted by atomic mass is 10.0. The van der Waals surface area contributed by atoms with E-state index in [1.807, 2.05) is 18.2 Å². The van der Waals surface area contributed by atoms with Gasteiger partial charge in [-0.15, -0.1) is 0 Å². The number of anilines is 1. The van der Waals surface area contributed by atoms with Gasteiger partial charge in [0.25, 0.3) is 0 Å². The van der Waals surface area contributed by atoms with Crippen molar-refractivity contribution >= 4 is 21.6 Å². The van der Waals surface area contributed by atoms with Crippen LogP contribution in [0.25, 0.3) is 0 Å². The molecule has 0 aliphatic carbocycles. The zero-order valence-corrected chi connectivity index (χ0v) is 12.2. The fourth-order valence-electron chi connectivity index (χ4n) is 1.80. The molecule has 2 unspecified atom stereocenters. The van der Waals surface area contributed by atoms with Crippen LogP contribution in [0.5, 0.6) is 0 Å². The summed E-state index contributed by atoms with van der Waals surface area (Å²) >= 11 is 3.49. The summed E-state index contributed by atoms with van der Waals surface area (Å²) < 4.78 is 0.951. The molecule has 17 heavy (non-hydrogen) atoms. The Hall–Kier alpha value is -1.01. The van der Waals surface area contributed by atoms with E-state index in [1.54, 1.807) is 0 Å². The molecule has 0 saturated heterocycles. The summed E-state index contributed by atoms with van der Waals surface area (Å²) in [4.78, 5) is 0. The lowest BCUT2D eigenvalue weighted by molar-refractivity contribution is 0.484. The molecule has 2 nitrogen and oxygen atoms in total. The summed E-state index contributed by atoms with van der Waals surface area (Å²) in [5.41, 5.74) is 1.73. The van der Waals surface area contributed by atoms with Gasteiger partial charge >= 0.3 is 0 Å². The van der Waals surface area contributed by atoms with Crippen molar-refractivity contribution in [2.45, 2.75) is 39.7 Å². The minimum atomic E-state index is 0.439. The van der Waals surface area contributed by atoms with Crippen LogP contribution >= 0.6 is 15.9 Å². The third-order valence-corrected chi connectivity index (χ3v) is 3.61. The number of nitrogens with zero attached hydrogens (tertiary/aromatic N) is 1. The average molecular weight is 295 g/mol. The van der Waals surface area contributed by atoms with Crippen molar-refractivity contribution in [1.29, 1.82) is 5.26 Å². The first-order valence-electron chi connectivity index (χ1n) is 6.03. The van der Waals surface area contributed by atoms with Gasteiger partial charge in [0.1, 0.15) is 0 Å². The monoisotopic (exact) mass is 294 g/mol. The number of hydrogen-bond acceptors (Lipinski definition) is 2. The number of benzene rings is 1. The molecule has 0 aromatic heterocycles. The predicted octanol–water partition coefficient (Wildman–Crippen LogP) is 4.56. The molecule has 2 atom stereocenters. The first-order valence-corrected chi connectivity index (χ1v) is 6.82. The SMILES string of the molecule is CCC(C)CC(C)Nc1ccc(C#N)cc1Br. The molecular weight excluding hydrogens is 276 g/mol. The summed E-state index contributed by atoms with van der Waals surface area (Å²) in [6.07, 6.45) is 2.36. The Morgan fingerprint density at radius 2 is 2.12 bits per heavy atom. The second kappa shape index (κ2) is 6.66. The van der Waals surface area contributed by atoms with Crippen molar-refractivity contribution in [3.8, 4) is 6.07 Å². The molecule has 0 saturated carbocycles. The molecular formula is C14H19BrN2. The molecule has 0 aliphatic heterocycles. The topological polar surface area (TPSA) is 35.8 Å². The zero-order valence-electron chi connectivity index (χ0n) is 10.6. The average Bonchev–Trinajstić information content (AvgIpc) is 2.31. The molecule has 1 rings (SSSR count). The van der Waals surface area contributed by atoms with Gasteiger partial charge in [0, 0.05) is 16.2 Å². The van der Waals surface area contributed by atoms with E-state index in [4.69, 9.17) is 5.26 Å². The Morgan fingerprint density at radius 1 is 1.41 bits per heavy atom. The van der Waals surface area contributed by atoms with Gasteiger partial charge in [0.2, 0.25) is 0 Å². The van der Waals surface area contributed by atoms with Gasteiger partial charge in [-0.1, -0.05) is 20.3 Å². The van der Waals surface area contributed by atoms with Gasteiger partial charge in [0.05, 0.1) is 11.6 Å². The maximum atomic E-state index is 8.79. The van der Waals surface area contributed by atoms with Gasteiger partial charge in [-0.25, -0.2) is 0 Å². The van der Waals surface area contributed by atoms with E-state index in [2.05, 4.69) is 48.1 Å². The number of nitrogens with one attached hydrogen (secondary N) is 1. The van der Waals surface area contributed by atoms with Crippen LogP contribution in [0.1, 0.15) is 39.2 Å². The van der Waals surface area contributed by atoms with Gasteiger partial charge in [-0.2, -0.15) is 5.26 Å². The summed E-state index contributed by atoms with van der Waals surface area (Å²) in [5, 5.41) is 12.3. The first-order chi connectivity index (χ1) is 8.06. The van der Waals surface area contributed by atoms with Crippen molar-refractivity contribution < 1.29 is 0 Å². The fourth-order valence-corrected chi connectivity index (χ4v) is 2.29. The largest absolute Gasteiger partial charge is 0.382 e. The Labute approximate surface area is 112 Å². The molecule has 0 spiro atoms. The van der Waals surface area contributed by atoms with Crippen LogP contribution in [0.15, 0.2) is 22.7 Å². The normalized spacial score (nSPS) is 13.8. The van der Waals surface area contributed by atoms with E-state index in [-0.39, 0.29) is 0 Å². The van der Waals surface area contributed by atoms with E-state index in [0.29, 0.717) is 11.6 Å². The van der Waals surface area contributed by atoms with Gasteiger partial charge in [-0.3, -0.25) is 0 Å². The van der Waals surface area contributed by atoms with E-state index >= 15 is 0 Å². The highest BCUT2D eigenvalue weighted by atomic mass is 79.9. The Bertz CT molecular complexity index is 409. The second-order valence-corrected chi connectivity index (χ2v) is 5.46. The summed E-state index contributed by atoms with van der Waals surface area (Å²) in [6, 6.07) is 8.21. The lowest BCUT2D eigenvalue weighted by Crippen LogP contribution is -2.18. The van der Waals surface area contributed by atoms with Crippen LogP contribution in [0.2, 0.25) is 0 Å². The maximum absolute atomic E-state index is 8.79. The molecule has 0 bridgehead atoms. The van der Waals surface area contributed by atoms with Crippen LogP contribution < -0.4 is 5.32 Å². The minimum absolute atomic E-state index is 0.439. The quantitative estimate of drug-likeness (QED) is 0.864. The van der Waals surface area contributed by atoms with Crippen molar-refractivity contribution in [1.82, 2.24) is 0 Å². The Kier molecular flexibility index (Phi) is 5.50. The number of halogens is 1. The highest BCUT2D eigenvalue weighted by Crippen LogP contribution is 2.25. The van der Waals surface area contributed by atoms with Crippen LogP contribution in [-0.4, -0.2) is 6.04 Å². The molecule has 92 valence electrons. The van der Waals surface area contributed by atoms with Crippen LogP contribution in [0, 0.1) is 17.2 Å². The first kappa shape index (κ1) is 14.1. The zero-order chi connectivity index (χ0) is 12.8. The molecule has 1 aromatic carbocycles. The Morgan fingerprint density at radius 3 is 2.65 bits per heavy atom. The smallest absolute Gasteiger partial charge is 0.0992 e. The highest BCUT2D eigenvalue weighted by Gasteiger charge is 2.09. The molecule has 0 radical (unpaired) electrons. The van der Waals surface area contributed by atoms with Gasteiger partial charge in [-0.05, 0) is 53.4 Å². The lowest BCUT2D eigenvalue weighted by Gasteiger charge is -2.19. The molecule has 1 aromatic rings. The number of nitriles is 1. The summed E-state index contributed by atoms with van der Waals surface area (Å²) in [7, 11) is 0. The number of hydrogen-bond donors (Lipinski definition) is 1. The van der Waals surface area contributed by atoms with E-state index in [1.165, 1.54) is 6.42 Å². The van der Waals surface area contributed by atoms with Crippen LogP contribution in [-0.2, 0) is 0 Å². The highest BCUT2D eigenvalue weighted by molar-refractivity contribution is 9.10. The molecule has 0 amide bonds. The van der Waals surface area contributed by atoms with Crippen molar-refractivity contribution in [3.05, 3.63) is 28.2 Å². The van der Waals surface area contributed by atoms with Crippen molar-refractivity contribution in [2.24, 2.45) is 5.92 Å².